The van der Waals surface area contributed by atoms with Gasteiger partial charge in [0.05, 0.1) is 37.8 Å². The van der Waals surface area contributed by atoms with Crippen LogP contribution in [0.15, 0.2) is 24.7 Å². The number of hydrogen-bond donors (Lipinski definition) is 1. The fourth-order valence-electron chi connectivity index (χ4n) is 1.92. The van der Waals surface area contributed by atoms with Gasteiger partial charge in [-0.1, -0.05) is 0 Å². The molecule has 17 heavy (non-hydrogen) atoms. The summed E-state index contributed by atoms with van der Waals surface area (Å²) in [4.78, 5) is 11.6. The van der Waals surface area contributed by atoms with Crippen LogP contribution in [0.1, 0.15) is 0 Å². The van der Waals surface area contributed by atoms with Gasteiger partial charge >= 0.3 is 0 Å². The molecule has 3 rings (SSSR count). The van der Waals surface area contributed by atoms with E-state index in [9.17, 15) is 0 Å². The minimum atomic E-state index is 0.673. The summed E-state index contributed by atoms with van der Waals surface area (Å²) in [7, 11) is 3.22. The van der Waals surface area contributed by atoms with Crippen LogP contribution in [0, 0.1) is 0 Å². The van der Waals surface area contributed by atoms with Gasteiger partial charge in [-0.2, -0.15) is 0 Å². The first kappa shape index (κ1) is 9.89. The quantitative estimate of drug-likeness (QED) is 0.731. The zero-order valence-electron chi connectivity index (χ0n) is 9.52. The van der Waals surface area contributed by atoms with Crippen molar-refractivity contribution in [1.82, 2.24) is 15.0 Å². The Morgan fingerprint density at radius 1 is 1.00 bits per heavy atom. The molecular weight excluding hydrogens is 218 g/mol. The molecule has 2 heterocycles. The van der Waals surface area contributed by atoms with E-state index < -0.39 is 0 Å². The Labute approximate surface area is 97.4 Å². The Kier molecular flexibility index (Phi) is 2.11. The number of ether oxygens (including phenoxy) is 2. The molecule has 5 heteroatoms. The smallest absolute Gasteiger partial charge is 0.162 e. The van der Waals surface area contributed by atoms with E-state index in [1.54, 1.807) is 26.7 Å². The Balaban J connectivity index is 2.42. The zero-order chi connectivity index (χ0) is 11.8. The number of pyridine rings is 1. The van der Waals surface area contributed by atoms with Crippen molar-refractivity contribution >= 4 is 21.9 Å². The highest BCUT2D eigenvalue weighted by Gasteiger charge is 2.10. The molecule has 0 spiro atoms. The highest BCUT2D eigenvalue weighted by molar-refractivity contribution is 6.02. The lowest BCUT2D eigenvalue weighted by Gasteiger charge is -2.08. The monoisotopic (exact) mass is 229 g/mol. The third kappa shape index (κ3) is 1.39. The molecule has 86 valence electrons. The normalized spacial score (nSPS) is 10.9. The first-order chi connectivity index (χ1) is 8.33. The summed E-state index contributed by atoms with van der Waals surface area (Å²) in [6.07, 6.45) is 3.39. The summed E-state index contributed by atoms with van der Waals surface area (Å²) in [5.74, 6) is 1.36. The molecule has 0 aliphatic rings. The van der Waals surface area contributed by atoms with Crippen LogP contribution < -0.4 is 9.47 Å². The predicted octanol–water partition coefficient (Wildman–Crippen LogP) is 2.13. The molecule has 0 saturated carbocycles. The van der Waals surface area contributed by atoms with Crippen LogP contribution in [-0.2, 0) is 0 Å². The molecule has 0 unspecified atom stereocenters. The van der Waals surface area contributed by atoms with Gasteiger partial charge in [-0.25, -0.2) is 4.98 Å². The van der Waals surface area contributed by atoms with E-state index in [4.69, 9.17) is 9.47 Å². The Hall–Kier alpha value is -2.30. The van der Waals surface area contributed by atoms with E-state index in [0.29, 0.717) is 11.5 Å². The first-order valence-corrected chi connectivity index (χ1v) is 5.17. The molecular formula is C12H11N3O2. The van der Waals surface area contributed by atoms with Crippen molar-refractivity contribution in [2.45, 2.75) is 0 Å². The number of benzene rings is 1. The molecule has 0 aliphatic heterocycles. The Morgan fingerprint density at radius 2 is 1.76 bits per heavy atom. The summed E-state index contributed by atoms with van der Waals surface area (Å²) in [5.41, 5.74) is 2.64. The van der Waals surface area contributed by atoms with Crippen LogP contribution in [0.25, 0.3) is 21.9 Å². The Morgan fingerprint density at radius 3 is 2.53 bits per heavy atom. The summed E-state index contributed by atoms with van der Waals surface area (Å²) < 4.78 is 10.5. The van der Waals surface area contributed by atoms with E-state index in [-0.39, 0.29) is 0 Å². The van der Waals surface area contributed by atoms with Crippen molar-refractivity contribution < 1.29 is 9.47 Å². The molecule has 0 saturated heterocycles. The van der Waals surface area contributed by atoms with Gasteiger partial charge in [-0.3, -0.25) is 4.98 Å². The fourth-order valence-corrected chi connectivity index (χ4v) is 1.92. The molecule has 0 fully saturated rings. The second kappa shape index (κ2) is 3.62. The van der Waals surface area contributed by atoms with Crippen molar-refractivity contribution in [2.75, 3.05) is 14.2 Å². The van der Waals surface area contributed by atoms with Crippen molar-refractivity contribution in [3.05, 3.63) is 24.7 Å². The number of fused-ring (bicyclic) bond motifs is 3. The maximum absolute atomic E-state index is 5.28. The van der Waals surface area contributed by atoms with E-state index >= 15 is 0 Å². The number of nitrogens with zero attached hydrogens (tertiary/aromatic N) is 2. The Bertz CT molecular complexity index is 691. The van der Waals surface area contributed by atoms with E-state index in [1.807, 2.05) is 12.1 Å². The molecule has 1 aromatic carbocycles. The number of aromatic nitrogens is 3. The zero-order valence-corrected chi connectivity index (χ0v) is 9.52. The van der Waals surface area contributed by atoms with Crippen LogP contribution in [0.4, 0.5) is 0 Å². The van der Waals surface area contributed by atoms with Crippen LogP contribution >= 0.6 is 0 Å². The summed E-state index contributed by atoms with van der Waals surface area (Å²) in [6, 6.07) is 3.76. The van der Waals surface area contributed by atoms with Crippen LogP contribution in [0.3, 0.4) is 0 Å². The second-order valence-corrected chi connectivity index (χ2v) is 3.65. The molecule has 1 N–H and O–H groups in total. The van der Waals surface area contributed by atoms with Gasteiger partial charge in [-0.05, 0) is 6.07 Å². The maximum atomic E-state index is 5.28. The minimum Gasteiger partial charge on any atom is -0.493 e. The van der Waals surface area contributed by atoms with Crippen molar-refractivity contribution in [3.8, 4) is 11.5 Å². The van der Waals surface area contributed by atoms with Crippen molar-refractivity contribution in [3.63, 3.8) is 0 Å². The number of rotatable bonds is 2. The number of H-pyrrole nitrogens is 1. The molecule has 0 bridgehead atoms. The minimum absolute atomic E-state index is 0.673. The lowest BCUT2D eigenvalue weighted by molar-refractivity contribution is 0.356. The first-order valence-electron chi connectivity index (χ1n) is 5.17. The topological polar surface area (TPSA) is 60.0 Å². The molecule has 0 aliphatic carbocycles. The second-order valence-electron chi connectivity index (χ2n) is 3.65. The fraction of sp³-hybridized carbons (Fsp3) is 0.167. The third-order valence-electron chi connectivity index (χ3n) is 2.77. The van der Waals surface area contributed by atoms with Crippen LogP contribution in [0.2, 0.25) is 0 Å². The number of aromatic amines is 1. The largest absolute Gasteiger partial charge is 0.493 e. The summed E-state index contributed by atoms with van der Waals surface area (Å²) >= 11 is 0. The van der Waals surface area contributed by atoms with Gasteiger partial charge in [0.15, 0.2) is 11.5 Å². The van der Waals surface area contributed by atoms with Gasteiger partial charge < -0.3 is 14.5 Å². The van der Waals surface area contributed by atoms with Gasteiger partial charge in [0.2, 0.25) is 0 Å². The van der Waals surface area contributed by atoms with Gasteiger partial charge in [0.1, 0.15) is 5.52 Å². The van der Waals surface area contributed by atoms with Gasteiger partial charge in [0.25, 0.3) is 0 Å². The standard InChI is InChI=1S/C12H11N3O2/c1-16-10-3-7-8(4-11(10)17-2)13-5-9-12(7)15-6-14-9/h3-6H,1-2H3,(H,14,15). The highest BCUT2D eigenvalue weighted by atomic mass is 16.5. The average Bonchev–Trinajstić information content (AvgIpc) is 2.85. The van der Waals surface area contributed by atoms with Crippen molar-refractivity contribution in [1.29, 1.82) is 0 Å². The van der Waals surface area contributed by atoms with Gasteiger partial charge in [0, 0.05) is 11.5 Å². The van der Waals surface area contributed by atoms with Crippen LogP contribution in [0.5, 0.6) is 11.5 Å². The SMILES string of the molecule is COc1cc2ncc3nc[nH]c3c2cc1OC. The lowest BCUT2D eigenvalue weighted by Crippen LogP contribution is -1.91. The van der Waals surface area contributed by atoms with E-state index in [2.05, 4.69) is 15.0 Å². The third-order valence-corrected chi connectivity index (χ3v) is 2.77. The maximum Gasteiger partial charge on any atom is 0.162 e. The van der Waals surface area contributed by atoms with E-state index in [0.717, 1.165) is 21.9 Å². The average molecular weight is 229 g/mol. The number of methoxy groups -OCH3 is 2. The van der Waals surface area contributed by atoms with E-state index in [1.165, 1.54) is 0 Å². The summed E-state index contributed by atoms with van der Waals surface area (Å²) in [6.45, 7) is 0. The molecule has 3 aromatic rings. The summed E-state index contributed by atoms with van der Waals surface area (Å²) in [5, 5.41) is 0.970. The molecule has 0 radical (unpaired) electrons. The predicted molar refractivity (Wildman–Crippen MR) is 64.5 cm³/mol. The molecule has 2 aromatic heterocycles. The molecule has 5 nitrogen and oxygen atoms in total. The molecule has 0 atom stereocenters. The number of hydrogen-bond acceptors (Lipinski definition) is 4. The molecule has 0 amide bonds. The lowest BCUT2D eigenvalue weighted by atomic mass is 10.1. The van der Waals surface area contributed by atoms with Crippen molar-refractivity contribution in [2.24, 2.45) is 0 Å². The highest BCUT2D eigenvalue weighted by Crippen LogP contribution is 2.33. The van der Waals surface area contributed by atoms with Gasteiger partial charge in [-0.15, -0.1) is 0 Å². The van der Waals surface area contributed by atoms with Crippen LogP contribution in [-0.4, -0.2) is 29.2 Å². The number of imidazole rings is 1. The number of nitrogens with one attached hydrogen (secondary N) is 1.